The molecule has 1 spiro atoms. The molecule has 0 aliphatic carbocycles. The van der Waals surface area contributed by atoms with Crippen molar-refractivity contribution in [3.8, 4) is 5.82 Å². The molecule has 2 fully saturated rings. The number of fused-ring (bicyclic) bond motifs is 2. The number of pyridine rings is 1. The molecule has 0 amide bonds. The van der Waals surface area contributed by atoms with Gasteiger partial charge in [-0.05, 0) is 44.4 Å². The molecule has 0 saturated carbocycles. The number of aryl methyl sites for hydroxylation is 2. The van der Waals surface area contributed by atoms with Gasteiger partial charge in [0.05, 0.1) is 26.8 Å². The molecule has 3 aliphatic rings. The summed E-state index contributed by atoms with van der Waals surface area (Å²) in [6.07, 6.45) is 6.79. The van der Waals surface area contributed by atoms with E-state index in [-0.39, 0.29) is 5.25 Å². The number of nitrogens with zero attached hydrogens (tertiary/aromatic N) is 4. The number of rotatable bonds is 3. The lowest BCUT2D eigenvalue weighted by molar-refractivity contribution is -0.215. The first-order valence-corrected chi connectivity index (χ1v) is 11.8. The van der Waals surface area contributed by atoms with E-state index >= 15 is 0 Å². The average Bonchev–Trinajstić information content (AvgIpc) is 3.31. The summed E-state index contributed by atoms with van der Waals surface area (Å²) in [6.45, 7) is 5.86. The lowest BCUT2D eigenvalue weighted by atomic mass is 9.77. The predicted octanol–water partition coefficient (Wildman–Crippen LogP) is 4.70. The zero-order chi connectivity index (χ0) is 21.8. The number of hydrogen-bond acceptors (Lipinski definition) is 5. The lowest BCUT2D eigenvalue weighted by Gasteiger charge is -2.51. The number of halogens is 3. The van der Waals surface area contributed by atoms with Crippen LogP contribution < -0.4 is 0 Å². The van der Waals surface area contributed by atoms with Crippen LogP contribution in [0.15, 0.2) is 35.0 Å². The van der Waals surface area contributed by atoms with E-state index in [2.05, 4.69) is 15.0 Å². The maximum Gasteiger partial charge on any atom is 0.278 e. The molecule has 2 aromatic heterocycles. The van der Waals surface area contributed by atoms with Crippen molar-refractivity contribution in [2.75, 3.05) is 19.7 Å². The van der Waals surface area contributed by atoms with E-state index in [9.17, 15) is 8.78 Å². The number of piperidine rings is 1. The summed E-state index contributed by atoms with van der Waals surface area (Å²) >= 11 is 7.49. The smallest absolute Gasteiger partial charge is 0.278 e. The van der Waals surface area contributed by atoms with Crippen LogP contribution in [-0.2, 0) is 11.3 Å². The molecular formula is C22H25ClF2N4OS. The normalized spacial score (nSPS) is 27.3. The second kappa shape index (κ2) is 7.83. The van der Waals surface area contributed by atoms with Gasteiger partial charge in [-0.2, -0.15) is 5.10 Å². The molecular weight excluding hydrogens is 442 g/mol. The van der Waals surface area contributed by atoms with Crippen molar-refractivity contribution >= 4 is 23.4 Å². The van der Waals surface area contributed by atoms with Crippen LogP contribution in [0.1, 0.15) is 29.7 Å². The third kappa shape index (κ3) is 3.81. The van der Waals surface area contributed by atoms with Crippen molar-refractivity contribution < 1.29 is 13.5 Å². The SMILES string of the molecule is Cc1cccnc1-n1cc(CN2CCC3(CC2)OCC(F)(F)C2C=C(Cl)SC23)c(C)n1. The van der Waals surface area contributed by atoms with Crippen molar-refractivity contribution in [1.29, 1.82) is 0 Å². The van der Waals surface area contributed by atoms with Crippen LogP contribution in [0.3, 0.4) is 0 Å². The highest BCUT2D eigenvalue weighted by molar-refractivity contribution is 8.05. The first-order chi connectivity index (χ1) is 14.8. The Morgan fingerprint density at radius 3 is 2.81 bits per heavy atom. The summed E-state index contributed by atoms with van der Waals surface area (Å²) in [4.78, 5) is 6.80. The second-order valence-corrected chi connectivity index (χ2v) is 10.6. The van der Waals surface area contributed by atoms with Crippen LogP contribution >= 0.6 is 23.4 Å². The van der Waals surface area contributed by atoms with Gasteiger partial charge in [-0.1, -0.05) is 17.7 Å². The van der Waals surface area contributed by atoms with Gasteiger partial charge < -0.3 is 4.74 Å². The molecule has 5 heterocycles. The minimum absolute atomic E-state index is 0.317. The van der Waals surface area contributed by atoms with E-state index in [1.807, 2.05) is 36.9 Å². The monoisotopic (exact) mass is 466 g/mol. The highest BCUT2D eigenvalue weighted by Crippen LogP contribution is 2.56. The van der Waals surface area contributed by atoms with Gasteiger partial charge in [0.15, 0.2) is 5.82 Å². The van der Waals surface area contributed by atoms with Crippen molar-refractivity contribution in [2.24, 2.45) is 5.92 Å². The molecule has 5 rings (SSSR count). The third-order valence-corrected chi connectivity index (χ3v) is 8.46. The number of allylic oxidation sites excluding steroid dienone is 1. The fourth-order valence-corrected chi connectivity index (χ4v) is 6.73. The highest BCUT2D eigenvalue weighted by Gasteiger charge is 2.60. The number of alkyl halides is 2. The van der Waals surface area contributed by atoms with Crippen molar-refractivity contribution in [3.63, 3.8) is 0 Å². The Labute approximate surface area is 189 Å². The number of hydrogen-bond donors (Lipinski definition) is 0. The predicted molar refractivity (Wildman–Crippen MR) is 118 cm³/mol. The van der Waals surface area contributed by atoms with Gasteiger partial charge in [-0.25, -0.2) is 18.4 Å². The summed E-state index contributed by atoms with van der Waals surface area (Å²) in [6, 6.07) is 3.94. The number of aromatic nitrogens is 3. The maximum atomic E-state index is 14.4. The second-order valence-electron chi connectivity index (χ2n) is 8.75. The van der Waals surface area contributed by atoms with E-state index in [1.54, 1.807) is 6.20 Å². The molecule has 0 aromatic carbocycles. The molecule has 2 atom stereocenters. The van der Waals surface area contributed by atoms with E-state index in [1.165, 1.54) is 17.8 Å². The van der Waals surface area contributed by atoms with Gasteiger partial charge in [0.2, 0.25) is 0 Å². The van der Waals surface area contributed by atoms with Crippen LogP contribution in [0.2, 0.25) is 0 Å². The van der Waals surface area contributed by atoms with Crippen molar-refractivity contribution in [1.82, 2.24) is 19.7 Å². The summed E-state index contributed by atoms with van der Waals surface area (Å²) in [5, 5.41) is 4.34. The van der Waals surface area contributed by atoms with Crippen molar-refractivity contribution in [2.45, 2.75) is 50.0 Å². The Balaban J connectivity index is 1.28. The van der Waals surface area contributed by atoms with E-state index in [0.29, 0.717) is 4.36 Å². The average molecular weight is 467 g/mol. The Hall–Kier alpha value is -1.48. The molecule has 3 aliphatic heterocycles. The standard InChI is InChI=1S/C22H25ClF2N4OS/c1-14-4-3-7-26-20(14)29-12-16(15(2)27-29)11-28-8-5-21(6-9-28)19-17(10-18(23)31-19)22(24,25)13-30-21/h3-4,7,10,12,17,19H,5-6,8-9,11,13H2,1-2H3. The minimum atomic E-state index is -2.86. The molecule has 0 bridgehead atoms. The maximum absolute atomic E-state index is 14.4. The van der Waals surface area contributed by atoms with Crippen LogP contribution in [0, 0.1) is 19.8 Å². The summed E-state index contributed by atoms with van der Waals surface area (Å²) < 4.78 is 36.9. The van der Waals surface area contributed by atoms with Gasteiger partial charge >= 0.3 is 0 Å². The summed E-state index contributed by atoms with van der Waals surface area (Å²) in [5.41, 5.74) is 2.65. The van der Waals surface area contributed by atoms with Gasteiger partial charge in [0.25, 0.3) is 5.92 Å². The van der Waals surface area contributed by atoms with E-state index in [4.69, 9.17) is 16.3 Å². The summed E-state index contributed by atoms with van der Waals surface area (Å²) in [7, 11) is 0. The molecule has 2 aromatic rings. The zero-order valence-corrected chi connectivity index (χ0v) is 19.1. The molecule has 2 unspecified atom stereocenters. The van der Waals surface area contributed by atoms with Crippen molar-refractivity contribution in [3.05, 3.63) is 51.8 Å². The summed E-state index contributed by atoms with van der Waals surface area (Å²) in [5.74, 6) is -2.86. The first kappa shape index (κ1) is 21.4. The molecule has 166 valence electrons. The lowest BCUT2D eigenvalue weighted by Crippen LogP contribution is -2.61. The quantitative estimate of drug-likeness (QED) is 0.656. The zero-order valence-electron chi connectivity index (χ0n) is 17.5. The third-order valence-electron chi connectivity index (χ3n) is 6.73. The molecule has 0 radical (unpaired) electrons. The van der Waals surface area contributed by atoms with Crippen LogP contribution in [-0.4, -0.2) is 56.1 Å². The van der Waals surface area contributed by atoms with E-state index < -0.39 is 24.0 Å². The van der Waals surface area contributed by atoms with Gasteiger partial charge in [0.1, 0.15) is 6.61 Å². The van der Waals surface area contributed by atoms with Gasteiger partial charge in [-0.15, -0.1) is 11.8 Å². The Bertz CT molecular complexity index is 1020. The topological polar surface area (TPSA) is 43.2 Å². The van der Waals surface area contributed by atoms with E-state index in [0.717, 1.165) is 55.1 Å². The fraction of sp³-hybridized carbons (Fsp3) is 0.545. The molecule has 2 saturated heterocycles. The van der Waals surface area contributed by atoms with Crippen LogP contribution in [0.25, 0.3) is 5.82 Å². The highest BCUT2D eigenvalue weighted by atomic mass is 35.5. The fourth-order valence-electron chi connectivity index (χ4n) is 4.89. The first-order valence-electron chi connectivity index (χ1n) is 10.5. The van der Waals surface area contributed by atoms with Crippen LogP contribution in [0.5, 0.6) is 0 Å². The molecule has 5 nitrogen and oxygen atoms in total. The van der Waals surface area contributed by atoms with Crippen LogP contribution in [0.4, 0.5) is 8.78 Å². The number of ether oxygens (including phenoxy) is 1. The Kier molecular flexibility index (Phi) is 5.40. The molecule has 31 heavy (non-hydrogen) atoms. The largest absolute Gasteiger partial charge is 0.367 e. The molecule has 0 N–H and O–H groups in total. The minimum Gasteiger partial charge on any atom is -0.367 e. The number of thioether (sulfide) groups is 1. The molecule has 9 heteroatoms. The Morgan fingerprint density at radius 1 is 1.29 bits per heavy atom. The van der Waals surface area contributed by atoms with Gasteiger partial charge in [-0.3, -0.25) is 4.90 Å². The Morgan fingerprint density at radius 2 is 2.06 bits per heavy atom. The van der Waals surface area contributed by atoms with Gasteiger partial charge in [0, 0.05) is 37.6 Å². The number of likely N-dealkylation sites (tertiary alicyclic amines) is 1.